The van der Waals surface area contributed by atoms with Crippen LogP contribution in [-0.2, 0) is 0 Å². The number of benzene rings is 1. The van der Waals surface area contributed by atoms with Gasteiger partial charge in [-0.05, 0) is 31.7 Å². The SMILES string of the molecule is CN1CCN(CCCN=C2NC=CC(CC#N)N2c2nc3ccccc3s2)CC1. The largest absolute Gasteiger partial charge is 0.333 e. The molecular formula is C21H27N7S. The number of hydrogen-bond acceptors (Lipinski definition) is 6. The maximum Gasteiger partial charge on any atom is 0.204 e. The molecule has 1 N–H and O–H groups in total. The molecule has 152 valence electrons. The number of anilines is 1. The minimum absolute atomic E-state index is 0.0572. The number of para-hydroxylation sites is 1. The second-order valence-electron chi connectivity index (χ2n) is 7.47. The van der Waals surface area contributed by atoms with Crippen LogP contribution in [0.2, 0.25) is 0 Å². The van der Waals surface area contributed by atoms with Gasteiger partial charge in [0.05, 0.1) is 28.7 Å². The first kappa shape index (κ1) is 19.8. The van der Waals surface area contributed by atoms with Gasteiger partial charge in [-0.1, -0.05) is 23.5 Å². The third-order valence-corrected chi connectivity index (χ3v) is 6.41. The zero-order valence-electron chi connectivity index (χ0n) is 16.8. The number of thiazole rings is 1. The maximum atomic E-state index is 9.29. The van der Waals surface area contributed by atoms with Crippen molar-refractivity contribution in [3.8, 4) is 6.07 Å². The summed E-state index contributed by atoms with van der Waals surface area (Å²) in [5, 5.41) is 13.4. The lowest BCUT2D eigenvalue weighted by Gasteiger charge is -2.33. The van der Waals surface area contributed by atoms with Crippen LogP contribution in [0.15, 0.2) is 41.5 Å². The monoisotopic (exact) mass is 409 g/mol. The number of rotatable bonds is 6. The van der Waals surface area contributed by atoms with Crippen LogP contribution in [0.3, 0.4) is 0 Å². The molecule has 2 aromatic rings. The van der Waals surface area contributed by atoms with E-state index in [1.54, 1.807) is 11.3 Å². The predicted octanol–water partition coefficient (Wildman–Crippen LogP) is 2.50. The molecule has 1 aromatic carbocycles. The first-order valence-electron chi connectivity index (χ1n) is 10.1. The smallest absolute Gasteiger partial charge is 0.204 e. The lowest BCUT2D eigenvalue weighted by atomic mass is 10.2. The van der Waals surface area contributed by atoms with E-state index in [0.29, 0.717) is 6.42 Å². The van der Waals surface area contributed by atoms with Crippen molar-refractivity contribution in [2.45, 2.75) is 18.9 Å². The Morgan fingerprint density at radius 3 is 2.90 bits per heavy atom. The lowest BCUT2D eigenvalue weighted by Crippen LogP contribution is -2.48. The maximum absolute atomic E-state index is 9.29. The van der Waals surface area contributed by atoms with Gasteiger partial charge in [0.15, 0.2) is 5.13 Å². The van der Waals surface area contributed by atoms with Gasteiger partial charge in [-0.2, -0.15) is 5.26 Å². The fraction of sp³-hybridized carbons (Fsp3) is 0.476. The van der Waals surface area contributed by atoms with E-state index < -0.39 is 0 Å². The summed E-state index contributed by atoms with van der Waals surface area (Å²) in [6.45, 7) is 6.38. The number of hydrogen-bond donors (Lipinski definition) is 1. The Kier molecular flexibility index (Phi) is 6.39. The van der Waals surface area contributed by atoms with E-state index in [9.17, 15) is 5.26 Å². The molecule has 0 aliphatic carbocycles. The molecule has 3 heterocycles. The van der Waals surface area contributed by atoms with Crippen molar-refractivity contribution in [2.75, 3.05) is 51.2 Å². The van der Waals surface area contributed by atoms with E-state index in [1.807, 2.05) is 30.5 Å². The number of likely N-dealkylation sites (N-methyl/N-ethyl adjacent to an activating group) is 1. The molecule has 0 amide bonds. The Morgan fingerprint density at radius 2 is 2.10 bits per heavy atom. The predicted molar refractivity (Wildman–Crippen MR) is 119 cm³/mol. The van der Waals surface area contributed by atoms with Gasteiger partial charge in [-0.25, -0.2) is 4.98 Å². The molecule has 8 heteroatoms. The molecule has 0 spiro atoms. The highest BCUT2D eigenvalue weighted by Crippen LogP contribution is 2.31. The van der Waals surface area contributed by atoms with Crippen molar-refractivity contribution in [1.29, 1.82) is 5.26 Å². The number of guanidine groups is 1. The summed E-state index contributed by atoms with van der Waals surface area (Å²) in [7, 11) is 2.18. The number of aromatic nitrogens is 1. The minimum atomic E-state index is -0.0572. The van der Waals surface area contributed by atoms with Gasteiger partial charge in [0.2, 0.25) is 5.96 Å². The van der Waals surface area contributed by atoms with Crippen LogP contribution in [0.1, 0.15) is 12.8 Å². The highest BCUT2D eigenvalue weighted by Gasteiger charge is 2.27. The molecule has 0 radical (unpaired) electrons. The number of piperazine rings is 1. The van der Waals surface area contributed by atoms with E-state index in [0.717, 1.165) is 67.0 Å². The minimum Gasteiger partial charge on any atom is -0.333 e. The molecule has 1 unspecified atom stereocenters. The number of nitrogens with one attached hydrogen (secondary N) is 1. The highest BCUT2D eigenvalue weighted by molar-refractivity contribution is 7.22. The Bertz CT molecular complexity index is 887. The molecule has 1 fully saturated rings. The second-order valence-corrected chi connectivity index (χ2v) is 8.48. The normalized spacial score (nSPS) is 22.1. The average Bonchev–Trinajstić information content (AvgIpc) is 3.16. The van der Waals surface area contributed by atoms with Crippen molar-refractivity contribution >= 4 is 32.6 Å². The number of nitrogens with zero attached hydrogens (tertiary/aromatic N) is 6. The Hall–Kier alpha value is -2.47. The molecule has 29 heavy (non-hydrogen) atoms. The molecule has 0 bridgehead atoms. The van der Waals surface area contributed by atoms with E-state index in [2.05, 4.69) is 39.2 Å². The molecule has 2 aliphatic rings. The molecule has 1 aromatic heterocycles. The second kappa shape index (κ2) is 9.35. The van der Waals surface area contributed by atoms with Crippen molar-refractivity contribution in [3.63, 3.8) is 0 Å². The fourth-order valence-corrected chi connectivity index (χ4v) is 4.69. The quantitative estimate of drug-likeness (QED) is 0.739. The summed E-state index contributed by atoms with van der Waals surface area (Å²) in [6, 6.07) is 10.4. The van der Waals surface area contributed by atoms with Gasteiger partial charge in [0.1, 0.15) is 0 Å². The summed E-state index contributed by atoms with van der Waals surface area (Å²) in [4.78, 5) is 16.6. The summed E-state index contributed by atoms with van der Waals surface area (Å²) in [5.74, 6) is 0.783. The van der Waals surface area contributed by atoms with Crippen LogP contribution < -0.4 is 10.2 Å². The highest BCUT2D eigenvalue weighted by atomic mass is 32.1. The molecule has 7 nitrogen and oxygen atoms in total. The lowest BCUT2D eigenvalue weighted by molar-refractivity contribution is 0.153. The van der Waals surface area contributed by atoms with Gasteiger partial charge in [0, 0.05) is 45.5 Å². The van der Waals surface area contributed by atoms with E-state index >= 15 is 0 Å². The van der Waals surface area contributed by atoms with E-state index in [1.165, 1.54) is 0 Å². The Labute approximate surface area is 175 Å². The zero-order valence-corrected chi connectivity index (χ0v) is 17.6. The molecular weight excluding hydrogens is 382 g/mol. The van der Waals surface area contributed by atoms with Crippen LogP contribution in [0.25, 0.3) is 10.2 Å². The third-order valence-electron chi connectivity index (χ3n) is 5.37. The van der Waals surface area contributed by atoms with E-state index in [-0.39, 0.29) is 6.04 Å². The van der Waals surface area contributed by atoms with Gasteiger partial charge >= 0.3 is 0 Å². The topological polar surface area (TPSA) is 70.8 Å². The average molecular weight is 410 g/mol. The van der Waals surface area contributed by atoms with Gasteiger partial charge < -0.3 is 15.1 Å². The molecule has 2 aliphatic heterocycles. The van der Waals surface area contributed by atoms with Gasteiger partial charge in [-0.3, -0.25) is 9.89 Å². The Morgan fingerprint density at radius 1 is 1.28 bits per heavy atom. The first-order chi connectivity index (χ1) is 14.2. The van der Waals surface area contributed by atoms with Gasteiger partial charge in [-0.15, -0.1) is 0 Å². The van der Waals surface area contributed by atoms with Crippen LogP contribution in [0.5, 0.6) is 0 Å². The van der Waals surface area contributed by atoms with Crippen molar-refractivity contribution < 1.29 is 0 Å². The summed E-state index contributed by atoms with van der Waals surface area (Å²) < 4.78 is 1.14. The van der Waals surface area contributed by atoms with Crippen molar-refractivity contribution in [3.05, 3.63) is 36.5 Å². The molecule has 1 atom stereocenters. The van der Waals surface area contributed by atoms with Crippen LogP contribution in [-0.4, -0.2) is 73.1 Å². The van der Waals surface area contributed by atoms with Crippen LogP contribution in [0, 0.1) is 11.3 Å². The van der Waals surface area contributed by atoms with Crippen molar-refractivity contribution in [1.82, 2.24) is 20.1 Å². The van der Waals surface area contributed by atoms with Crippen LogP contribution >= 0.6 is 11.3 Å². The molecule has 4 rings (SSSR count). The van der Waals surface area contributed by atoms with Crippen LogP contribution in [0.4, 0.5) is 5.13 Å². The first-order valence-corrected chi connectivity index (χ1v) is 11.0. The molecule has 0 saturated carbocycles. The van der Waals surface area contributed by atoms with E-state index in [4.69, 9.17) is 9.98 Å². The summed E-state index contributed by atoms with van der Waals surface area (Å²) in [5.41, 5.74) is 0.979. The molecule has 1 saturated heterocycles. The number of aliphatic imine (C=N–C) groups is 1. The Balaban J connectivity index is 1.47. The van der Waals surface area contributed by atoms with Gasteiger partial charge in [0.25, 0.3) is 0 Å². The standard InChI is InChI=1S/C21H27N7S/c1-26-13-15-27(16-14-26)12-4-10-23-20-24-11-8-17(7-9-22)28(20)21-25-18-5-2-3-6-19(18)29-21/h2-3,5-6,8,11,17H,4,7,10,12-16H2,1H3,(H,23,24). The van der Waals surface area contributed by atoms with Crippen molar-refractivity contribution in [2.24, 2.45) is 4.99 Å². The fourth-order valence-electron chi connectivity index (χ4n) is 3.67. The summed E-state index contributed by atoms with van der Waals surface area (Å²) in [6.07, 6.45) is 5.33. The number of fused-ring (bicyclic) bond motifs is 1. The zero-order chi connectivity index (χ0) is 20.1. The number of nitriles is 1. The summed E-state index contributed by atoms with van der Waals surface area (Å²) >= 11 is 1.64. The third kappa shape index (κ3) is 4.75.